The molecule has 0 fully saturated rings. The van der Waals surface area contributed by atoms with Crippen LogP contribution in [0, 0.1) is 11.3 Å². The van der Waals surface area contributed by atoms with Gasteiger partial charge in [-0.25, -0.2) is 4.68 Å². The first-order valence-corrected chi connectivity index (χ1v) is 7.08. The first-order valence-electron chi connectivity index (χ1n) is 6.28. The number of nitrogen functional groups attached to an aromatic ring is 1. The number of anilines is 1. The van der Waals surface area contributed by atoms with E-state index in [-0.39, 0.29) is 0 Å². The van der Waals surface area contributed by atoms with Gasteiger partial charge in [0, 0.05) is 27.5 Å². The predicted octanol–water partition coefficient (Wildman–Crippen LogP) is 3.76. The van der Waals surface area contributed by atoms with Gasteiger partial charge in [0.2, 0.25) is 0 Å². The fourth-order valence-electron chi connectivity index (χ4n) is 2.12. The van der Waals surface area contributed by atoms with Crippen LogP contribution in [0.2, 0.25) is 0 Å². The van der Waals surface area contributed by atoms with E-state index in [0.717, 1.165) is 27.0 Å². The molecule has 0 atom stereocenters. The summed E-state index contributed by atoms with van der Waals surface area (Å²) in [5, 5.41) is 13.3. The Labute approximate surface area is 130 Å². The van der Waals surface area contributed by atoms with Crippen LogP contribution < -0.4 is 5.73 Å². The number of hydrogen-bond acceptors (Lipinski definition) is 3. The number of halogens is 1. The van der Waals surface area contributed by atoms with Crippen LogP contribution in [0.15, 0.2) is 59.3 Å². The molecule has 1 aromatic heterocycles. The van der Waals surface area contributed by atoms with Crippen molar-refractivity contribution < 1.29 is 0 Å². The average Bonchev–Trinajstić information content (AvgIpc) is 2.97. The van der Waals surface area contributed by atoms with Crippen LogP contribution in [0.3, 0.4) is 0 Å². The number of para-hydroxylation sites is 1. The topological polar surface area (TPSA) is 67.6 Å². The van der Waals surface area contributed by atoms with E-state index in [1.807, 2.05) is 36.5 Å². The van der Waals surface area contributed by atoms with Crippen LogP contribution in [0.5, 0.6) is 0 Å². The van der Waals surface area contributed by atoms with E-state index in [1.165, 1.54) is 0 Å². The van der Waals surface area contributed by atoms with Gasteiger partial charge < -0.3 is 5.73 Å². The van der Waals surface area contributed by atoms with Crippen molar-refractivity contribution >= 4 is 21.6 Å². The van der Waals surface area contributed by atoms with Crippen molar-refractivity contribution in [3.8, 4) is 22.9 Å². The zero-order valence-corrected chi connectivity index (χ0v) is 12.6. The average molecular weight is 339 g/mol. The van der Waals surface area contributed by atoms with Crippen LogP contribution in [0.25, 0.3) is 16.8 Å². The normalized spacial score (nSPS) is 10.3. The minimum atomic E-state index is 0.602. The summed E-state index contributed by atoms with van der Waals surface area (Å²) in [6, 6.07) is 15.2. The fourth-order valence-corrected chi connectivity index (χ4v) is 2.68. The summed E-state index contributed by atoms with van der Waals surface area (Å²) in [5.74, 6) is 0. The van der Waals surface area contributed by atoms with Gasteiger partial charge in [-0.15, -0.1) is 0 Å². The Morgan fingerprint density at radius 1 is 1.19 bits per heavy atom. The van der Waals surface area contributed by atoms with Gasteiger partial charge in [-0.05, 0) is 40.2 Å². The van der Waals surface area contributed by atoms with E-state index in [9.17, 15) is 0 Å². The van der Waals surface area contributed by atoms with Crippen LogP contribution in [0.1, 0.15) is 5.56 Å². The lowest BCUT2D eigenvalue weighted by Gasteiger charge is -2.05. The second kappa shape index (κ2) is 5.43. The second-order valence-electron chi connectivity index (χ2n) is 4.54. The molecule has 0 amide bonds. The van der Waals surface area contributed by atoms with Crippen molar-refractivity contribution in [2.75, 3.05) is 5.73 Å². The van der Waals surface area contributed by atoms with Gasteiger partial charge in [-0.3, -0.25) is 0 Å². The summed E-state index contributed by atoms with van der Waals surface area (Å²) in [6.45, 7) is 0. The highest BCUT2D eigenvalue weighted by Gasteiger charge is 2.08. The Morgan fingerprint density at radius 3 is 2.71 bits per heavy atom. The molecule has 0 radical (unpaired) electrons. The molecule has 0 spiro atoms. The van der Waals surface area contributed by atoms with E-state index in [1.54, 1.807) is 23.0 Å². The minimum absolute atomic E-state index is 0.602. The van der Waals surface area contributed by atoms with Crippen LogP contribution in [0.4, 0.5) is 5.69 Å². The van der Waals surface area contributed by atoms with Crippen LogP contribution in [-0.4, -0.2) is 9.78 Å². The van der Waals surface area contributed by atoms with Crippen molar-refractivity contribution in [1.82, 2.24) is 9.78 Å². The molecular weight excluding hydrogens is 328 g/mol. The van der Waals surface area contributed by atoms with Gasteiger partial charge in [0.25, 0.3) is 0 Å². The number of nitriles is 1. The summed E-state index contributed by atoms with van der Waals surface area (Å²) in [7, 11) is 0. The van der Waals surface area contributed by atoms with Gasteiger partial charge in [0.15, 0.2) is 0 Å². The van der Waals surface area contributed by atoms with Gasteiger partial charge in [0.1, 0.15) is 0 Å². The quantitative estimate of drug-likeness (QED) is 0.723. The maximum absolute atomic E-state index is 8.90. The maximum atomic E-state index is 8.90. The molecule has 0 aliphatic rings. The third-order valence-electron chi connectivity index (χ3n) is 3.18. The molecule has 5 heteroatoms. The molecule has 0 aliphatic heterocycles. The Hall–Kier alpha value is -2.58. The van der Waals surface area contributed by atoms with E-state index in [0.29, 0.717) is 5.56 Å². The van der Waals surface area contributed by atoms with E-state index in [4.69, 9.17) is 11.0 Å². The van der Waals surface area contributed by atoms with Crippen molar-refractivity contribution in [3.63, 3.8) is 0 Å². The molecule has 0 saturated heterocycles. The number of nitrogens with zero attached hydrogens (tertiary/aromatic N) is 3. The number of benzene rings is 2. The highest BCUT2D eigenvalue weighted by Crippen LogP contribution is 2.27. The fraction of sp³-hybridized carbons (Fsp3) is 0. The van der Waals surface area contributed by atoms with Crippen molar-refractivity contribution in [2.45, 2.75) is 0 Å². The van der Waals surface area contributed by atoms with Gasteiger partial charge in [0.05, 0.1) is 23.5 Å². The molecule has 3 aromatic rings. The van der Waals surface area contributed by atoms with Crippen LogP contribution >= 0.6 is 15.9 Å². The standard InChI is InChI=1S/C16H11BrN4/c17-14-7-11(8-18)5-6-16(14)21-10-12(9-20-21)13-3-1-2-4-15(13)19/h1-7,9-10H,19H2. The number of aromatic nitrogens is 2. The Balaban J connectivity index is 2.03. The Bertz CT molecular complexity index is 845. The summed E-state index contributed by atoms with van der Waals surface area (Å²) in [5.41, 5.74) is 10.1. The monoisotopic (exact) mass is 338 g/mol. The van der Waals surface area contributed by atoms with E-state index < -0.39 is 0 Å². The number of rotatable bonds is 2. The molecule has 21 heavy (non-hydrogen) atoms. The van der Waals surface area contributed by atoms with Gasteiger partial charge in [-0.1, -0.05) is 18.2 Å². The molecule has 0 unspecified atom stereocenters. The molecule has 0 bridgehead atoms. The lowest BCUT2D eigenvalue weighted by atomic mass is 10.1. The number of nitrogens with two attached hydrogens (primary N) is 1. The zero-order valence-electron chi connectivity index (χ0n) is 11.0. The second-order valence-corrected chi connectivity index (χ2v) is 5.39. The van der Waals surface area contributed by atoms with Gasteiger partial charge in [-0.2, -0.15) is 10.4 Å². The molecule has 0 aliphatic carbocycles. The highest BCUT2D eigenvalue weighted by molar-refractivity contribution is 9.10. The molecule has 102 valence electrons. The third-order valence-corrected chi connectivity index (χ3v) is 3.81. The largest absolute Gasteiger partial charge is 0.398 e. The first-order chi connectivity index (χ1) is 10.2. The maximum Gasteiger partial charge on any atom is 0.0992 e. The van der Waals surface area contributed by atoms with Gasteiger partial charge >= 0.3 is 0 Å². The first kappa shape index (κ1) is 13.4. The highest BCUT2D eigenvalue weighted by atomic mass is 79.9. The van der Waals surface area contributed by atoms with Crippen molar-refractivity contribution in [2.24, 2.45) is 0 Å². The Kier molecular flexibility index (Phi) is 3.46. The summed E-state index contributed by atoms with van der Waals surface area (Å²) >= 11 is 3.47. The third kappa shape index (κ3) is 2.54. The molecule has 4 nitrogen and oxygen atoms in total. The summed E-state index contributed by atoms with van der Waals surface area (Å²) < 4.78 is 2.57. The van der Waals surface area contributed by atoms with Crippen LogP contribution in [-0.2, 0) is 0 Å². The Morgan fingerprint density at radius 2 is 2.00 bits per heavy atom. The minimum Gasteiger partial charge on any atom is -0.398 e. The molecule has 3 rings (SSSR count). The molecule has 0 saturated carbocycles. The smallest absolute Gasteiger partial charge is 0.0992 e. The molecular formula is C16H11BrN4. The SMILES string of the molecule is N#Cc1ccc(-n2cc(-c3ccccc3N)cn2)c(Br)c1. The number of hydrogen-bond donors (Lipinski definition) is 1. The molecule has 2 N–H and O–H groups in total. The lowest BCUT2D eigenvalue weighted by Crippen LogP contribution is -1.95. The van der Waals surface area contributed by atoms with E-state index >= 15 is 0 Å². The van der Waals surface area contributed by atoms with Crippen molar-refractivity contribution in [1.29, 1.82) is 5.26 Å². The van der Waals surface area contributed by atoms with E-state index in [2.05, 4.69) is 27.1 Å². The summed E-state index contributed by atoms with van der Waals surface area (Å²) in [6.07, 6.45) is 3.69. The zero-order chi connectivity index (χ0) is 14.8. The summed E-state index contributed by atoms with van der Waals surface area (Å²) in [4.78, 5) is 0. The predicted molar refractivity (Wildman–Crippen MR) is 85.8 cm³/mol. The lowest BCUT2D eigenvalue weighted by molar-refractivity contribution is 0.876. The van der Waals surface area contributed by atoms with Crippen molar-refractivity contribution in [3.05, 3.63) is 64.9 Å². The molecule has 1 heterocycles. The molecule has 2 aromatic carbocycles.